The molecular weight excluding hydrogens is 152 g/mol. The molecule has 2 heteroatoms. The fourth-order valence-electron chi connectivity index (χ4n) is 3.61. The first-order valence-corrected chi connectivity index (χ1v) is 5.14. The van der Waals surface area contributed by atoms with Crippen LogP contribution in [0.3, 0.4) is 0 Å². The van der Waals surface area contributed by atoms with Gasteiger partial charge in [0.05, 0.1) is 12.2 Å². The summed E-state index contributed by atoms with van der Waals surface area (Å²) in [6.45, 7) is 0.883. The SMILES string of the molecule is O[C@H]1[C@@H]2CCO[C@@H]2C12CCCC2. The fourth-order valence-corrected chi connectivity index (χ4v) is 3.61. The second-order valence-electron chi connectivity index (χ2n) is 4.63. The first-order valence-electron chi connectivity index (χ1n) is 5.14. The number of aliphatic hydroxyl groups is 1. The van der Waals surface area contributed by atoms with Crippen molar-refractivity contribution in [2.75, 3.05) is 6.61 Å². The Morgan fingerprint density at radius 3 is 2.75 bits per heavy atom. The first-order chi connectivity index (χ1) is 5.84. The van der Waals surface area contributed by atoms with Gasteiger partial charge in [0.2, 0.25) is 0 Å². The Kier molecular flexibility index (Phi) is 1.37. The van der Waals surface area contributed by atoms with Crippen molar-refractivity contribution in [3.8, 4) is 0 Å². The van der Waals surface area contributed by atoms with Gasteiger partial charge in [0.1, 0.15) is 0 Å². The number of fused-ring (bicyclic) bond motifs is 2. The lowest BCUT2D eigenvalue weighted by Crippen LogP contribution is -2.61. The average Bonchev–Trinajstić information content (AvgIpc) is 2.72. The summed E-state index contributed by atoms with van der Waals surface area (Å²) in [5.41, 5.74) is 0.209. The van der Waals surface area contributed by atoms with Gasteiger partial charge in [0, 0.05) is 17.9 Å². The van der Waals surface area contributed by atoms with E-state index < -0.39 is 0 Å². The zero-order valence-electron chi connectivity index (χ0n) is 7.33. The van der Waals surface area contributed by atoms with Crippen LogP contribution in [0.5, 0.6) is 0 Å². The molecule has 0 radical (unpaired) electrons. The molecule has 1 heterocycles. The van der Waals surface area contributed by atoms with E-state index >= 15 is 0 Å². The molecule has 0 unspecified atom stereocenters. The van der Waals surface area contributed by atoms with Crippen LogP contribution in [0.2, 0.25) is 0 Å². The van der Waals surface area contributed by atoms with Gasteiger partial charge in [0.15, 0.2) is 0 Å². The summed E-state index contributed by atoms with van der Waals surface area (Å²) in [4.78, 5) is 0. The molecular formula is C10H16O2. The zero-order valence-corrected chi connectivity index (χ0v) is 7.33. The molecule has 68 valence electrons. The lowest BCUT2D eigenvalue weighted by molar-refractivity contribution is -0.196. The molecule has 1 spiro atoms. The van der Waals surface area contributed by atoms with Crippen LogP contribution >= 0.6 is 0 Å². The van der Waals surface area contributed by atoms with E-state index in [0.717, 1.165) is 13.0 Å². The van der Waals surface area contributed by atoms with E-state index in [-0.39, 0.29) is 11.5 Å². The molecule has 0 bridgehead atoms. The lowest BCUT2D eigenvalue weighted by atomic mass is 9.56. The Hall–Kier alpha value is -0.0800. The second kappa shape index (κ2) is 2.24. The number of rotatable bonds is 0. The van der Waals surface area contributed by atoms with E-state index in [2.05, 4.69) is 0 Å². The van der Waals surface area contributed by atoms with Gasteiger partial charge in [-0.05, 0) is 19.3 Å². The summed E-state index contributed by atoms with van der Waals surface area (Å²) < 4.78 is 5.70. The maximum atomic E-state index is 9.99. The minimum Gasteiger partial charge on any atom is -0.392 e. The highest BCUT2D eigenvalue weighted by Crippen LogP contribution is 2.60. The highest BCUT2D eigenvalue weighted by molar-refractivity contribution is 5.13. The molecule has 0 aromatic carbocycles. The summed E-state index contributed by atoms with van der Waals surface area (Å²) in [5.74, 6) is 0.489. The summed E-state index contributed by atoms with van der Waals surface area (Å²) >= 11 is 0. The van der Waals surface area contributed by atoms with Crippen molar-refractivity contribution < 1.29 is 9.84 Å². The standard InChI is InChI=1S/C10H16O2/c11-8-7-3-6-12-9(7)10(8)4-1-2-5-10/h7-9,11H,1-6H2/t7-,8-,9-/m0/s1. The van der Waals surface area contributed by atoms with E-state index in [0.29, 0.717) is 12.0 Å². The molecule has 3 aliphatic rings. The molecule has 0 amide bonds. The summed E-state index contributed by atoms with van der Waals surface area (Å²) in [6.07, 6.45) is 6.48. The third-order valence-corrected chi connectivity index (χ3v) is 4.23. The quantitative estimate of drug-likeness (QED) is 0.591. The molecule has 2 nitrogen and oxygen atoms in total. The molecule has 2 aliphatic carbocycles. The monoisotopic (exact) mass is 168 g/mol. The molecule has 12 heavy (non-hydrogen) atoms. The maximum Gasteiger partial charge on any atom is 0.0709 e. The van der Waals surface area contributed by atoms with E-state index in [9.17, 15) is 5.11 Å². The van der Waals surface area contributed by atoms with Gasteiger partial charge in [-0.3, -0.25) is 0 Å². The van der Waals surface area contributed by atoms with Crippen LogP contribution in [0, 0.1) is 11.3 Å². The predicted molar refractivity (Wildman–Crippen MR) is 44.8 cm³/mol. The van der Waals surface area contributed by atoms with E-state index in [1.165, 1.54) is 25.7 Å². The Bertz CT molecular complexity index is 196. The highest BCUT2D eigenvalue weighted by Gasteiger charge is 2.64. The topological polar surface area (TPSA) is 29.5 Å². The number of aliphatic hydroxyl groups excluding tert-OH is 1. The van der Waals surface area contributed by atoms with Crippen LogP contribution in [0.1, 0.15) is 32.1 Å². The van der Waals surface area contributed by atoms with Crippen LogP contribution in [-0.2, 0) is 4.74 Å². The molecule has 2 saturated carbocycles. The van der Waals surface area contributed by atoms with Gasteiger partial charge in [-0.1, -0.05) is 12.8 Å². The third kappa shape index (κ3) is 0.647. The van der Waals surface area contributed by atoms with Gasteiger partial charge in [-0.15, -0.1) is 0 Å². The minimum absolute atomic E-state index is 0.0347. The highest BCUT2D eigenvalue weighted by atomic mass is 16.5. The molecule has 1 saturated heterocycles. The van der Waals surface area contributed by atoms with Crippen LogP contribution in [0.25, 0.3) is 0 Å². The van der Waals surface area contributed by atoms with Crippen LogP contribution in [0.4, 0.5) is 0 Å². The third-order valence-electron chi connectivity index (χ3n) is 4.23. The lowest BCUT2D eigenvalue weighted by Gasteiger charge is -2.53. The molecule has 0 aromatic heterocycles. The number of hydrogen-bond acceptors (Lipinski definition) is 2. The first kappa shape index (κ1) is 7.34. The van der Waals surface area contributed by atoms with Gasteiger partial charge >= 0.3 is 0 Å². The minimum atomic E-state index is -0.0347. The maximum absolute atomic E-state index is 9.99. The van der Waals surface area contributed by atoms with Crippen molar-refractivity contribution in [3.05, 3.63) is 0 Å². The van der Waals surface area contributed by atoms with Crippen molar-refractivity contribution in [1.29, 1.82) is 0 Å². The van der Waals surface area contributed by atoms with Crippen LogP contribution in [0.15, 0.2) is 0 Å². The van der Waals surface area contributed by atoms with Gasteiger partial charge in [0.25, 0.3) is 0 Å². The van der Waals surface area contributed by atoms with Crippen molar-refractivity contribution in [1.82, 2.24) is 0 Å². The Balaban J connectivity index is 1.87. The number of hydrogen-bond donors (Lipinski definition) is 1. The van der Waals surface area contributed by atoms with Crippen molar-refractivity contribution in [2.45, 2.75) is 44.3 Å². The molecule has 1 N–H and O–H groups in total. The van der Waals surface area contributed by atoms with Crippen molar-refractivity contribution in [2.24, 2.45) is 11.3 Å². The second-order valence-corrected chi connectivity index (χ2v) is 4.63. The van der Waals surface area contributed by atoms with Crippen LogP contribution < -0.4 is 0 Å². The van der Waals surface area contributed by atoms with E-state index in [1.54, 1.807) is 0 Å². The summed E-state index contributed by atoms with van der Waals surface area (Å²) in [6, 6.07) is 0. The number of ether oxygens (including phenoxy) is 1. The normalized spacial score (nSPS) is 49.2. The van der Waals surface area contributed by atoms with Crippen LogP contribution in [-0.4, -0.2) is 23.9 Å². The summed E-state index contributed by atoms with van der Waals surface area (Å²) in [5, 5.41) is 9.99. The molecule has 0 aromatic rings. The molecule has 1 aliphatic heterocycles. The van der Waals surface area contributed by atoms with Gasteiger partial charge in [-0.2, -0.15) is 0 Å². The molecule has 3 atom stereocenters. The zero-order chi connectivity index (χ0) is 8.18. The predicted octanol–water partition coefficient (Wildman–Crippen LogP) is 1.33. The van der Waals surface area contributed by atoms with Crippen molar-refractivity contribution in [3.63, 3.8) is 0 Å². The largest absolute Gasteiger partial charge is 0.392 e. The van der Waals surface area contributed by atoms with Gasteiger partial charge in [-0.25, -0.2) is 0 Å². The molecule has 3 fully saturated rings. The Morgan fingerprint density at radius 2 is 2.00 bits per heavy atom. The molecule has 3 rings (SSSR count). The Labute approximate surface area is 72.9 Å². The van der Waals surface area contributed by atoms with Gasteiger partial charge < -0.3 is 9.84 Å². The fraction of sp³-hybridized carbons (Fsp3) is 1.00. The van der Waals surface area contributed by atoms with Crippen molar-refractivity contribution >= 4 is 0 Å². The van der Waals surface area contributed by atoms with E-state index in [1.807, 2.05) is 0 Å². The smallest absolute Gasteiger partial charge is 0.0709 e. The average molecular weight is 168 g/mol. The Morgan fingerprint density at radius 1 is 1.25 bits per heavy atom. The summed E-state index contributed by atoms with van der Waals surface area (Å²) in [7, 11) is 0. The van der Waals surface area contributed by atoms with E-state index in [4.69, 9.17) is 4.74 Å².